The zero-order valence-corrected chi connectivity index (χ0v) is 13.5. The number of likely N-dealkylation sites (tertiary alicyclic amines) is 1. The molecule has 4 heteroatoms. The zero-order valence-electron chi connectivity index (χ0n) is 13.5. The van der Waals surface area contributed by atoms with Crippen LogP contribution in [0.4, 0.5) is 14.9 Å². The molecule has 0 aromatic heterocycles. The van der Waals surface area contributed by atoms with Gasteiger partial charge in [0, 0.05) is 12.2 Å². The first-order valence-corrected chi connectivity index (χ1v) is 7.94. The lowest BCUT2D eigenvalue weighted by atomic mass is 10.0. The minimum absolute atomic E-state index is 0.0587. The van der Waals surface area contributed by atoms with Gasteiger partial charge < -0.3 is 10.2 Å². The molecule has 23 heavy (non-hydrogen) atoms. The Morgan fingerprint density at radius 1 is 1.17 bits per heavy atom. The molecule has 1 aliphatic heterocycles. The second-order valence-corrected chi connectivity index (χ2v) is 6.21. The van der Waals surface area contributed by atoms with Crippen LogP contribution in [0.3, 0.4) is 0 Å². The molecule has 3 rings (SSSR count). The molecule has 3 nitrogen and oxygen atoms in total. The summed E-state index contributed by atoms with van der Waals surface area (Å²) < 4.78 is 13.5. The van der Waals surface area contributed by atoms with Crippen LogP contribution in [0.15, 0.2) is 42.5 Å². The molecular weight excluding hydrogens is 291 g/mol. The van der Waals surface area contributed by atoms with E-state index in [9.17, 15) is 9.18 Å². The Bertz CT molecular complexity index is 709. The van der Waals surface area contributed by atoms with Gasteiger partial charge >= 0.3 is 6.03 Å². The van der Waals surface area contributed by atoms with Gasteiger partial charge in [0.15, 0.2) is 0 Å². The van der Waals surface area contributed by atoms with Crippen LogP contribution < -0.4 is 5.32 Å². The van der Waals surface area contributed by atoms with E-state index in [-0.39, 0.29) is 17.9 Å². The van der Waals surface area contributed by atoms with E-state index in [1.807, 2.05) is 32.0 Å². The number of carbonyl (C=O) groups is 1. The van der Waals surface area contributed by atoms with E-state index in [2.05, 4.69) is 11.4 Å². The predicted molar refractivity (Wildman–Crippen MR) is 90.0 cm³/mol. The number of aryl methyl sites for hydroxylation is 2. The van der Waals surface area contributed by atoms with Crippen LogP contribution in [-0.4, -0.2) is 17.5 Å². The number of hydrogen-bond donors (Lipinski definition) is 1. The number of halogens is 1. The van der Waals surface area contributed by atoms with Gasteiger partial charge in [0.05, 0.1) is 6.04 Å². The van der Waals surface area contributed by atoms with E-state index in [1.165, 1.54) is 12.1 Å². The van der Waals surface area contributed by atoms with Crippen molar-refractivity contribution in [3.05, 3.63) is 65.0 Å². The molecule has 1 fully saturated rings. The molecule has 1 aliphatic rings. The molecular formula is C19H21FN2O. The Kier molecular flexibility index (Phi) is 4.33. The lowest BCUT2D eigenvalue weighted by Crippen LogP contribution is -2.34. The summed E-state index contributed by atoms with van der Waals surface area (Å²) in [6, 6.07) is 12.3. The second kappa shape index (κ2) is 6.41. The highest BCUT2D eigenvalue weighted by atomic mass is 19.1. The first kappa shape index (κ1) is 15.5. The van der Waals surface area contributed by atoms with E-state index in [0.717, 1.165) is 35.2 Å². The SMILES string of the molecule is Cc1cc(C)cc(NC(=O)N2CCC[C@@H]2c2cccc(F)c2)c1. The van der Waals surface area contributed by atoms with E-state index in [1.54, 1.807) is 11.0 Å². The van der Waals surface area contributed by atoms with Crippen LogP contribution >= 0.6 is 0 Å². The number of rotatable bonds is 2. The van der Waals surface area contributed by atoms with Gasteiger partial charge in [-0.2, -0.15) is 0 Å². The van der Waals surface area contributed by atoms with Gasteiger partial charge in [0.1, 0.15) is 5.82 Å². The maximum absolute atomic E-state index is 13.5. The van der Waals surface area contributed by atoms with Crippen molar-refractivity contribution in [3.63, 3.8) is 0 Å². The molecule has 0 saturated carbocycles. The third-order valence-electron chi connectivity index (χ3n) is 4.22. The molecule has 2 aromatic rings. The van der Waals surface area contributed by atoms with Crippen molar-refractivity contribution in [1.82, 2.24) is 4.90 Å². The van der Waals surface area contributed by atoms with Crippen LogP contribution in [0.2, 0.25) is 0 Å². The van der Waals surface area contributed by atoms with Crippen molar-refractivity contribution < 1.29 is 9.18 Å². The first-order chi connectivity index (χ1) is 11.0. The predicted octanol–water partition coefficient (Wildman–Crippen LogP) is 4.81. The Labute approximate surface area is 136 Å². The Balaban J connectivity index is 1.78. The highest BCUT2D eigenvalue weighted by molar-refractivity contribution is 5.90. The van der Waals surface area contributed by atoms with Gasteiger partial charge in [-0.25, -0.2) is 9.18 Å². The number of urea groups is 1. The smallest absolute Gasteiger partial charge is 0.317 e. The normalized spacial score (nSPS) is 17.3. The first-order valence-electron chi connectivity index (χ1n) is 7.94. The Hall–Kier alpha value is -2.36. The highest BCUT2D eigenvalue weighted by Crippen LogP contribution is 2.32. The standard InChI is InChI=1S/C19H21FN2O/c1-13-9-14(2)11-17(10-13)21-19(23)22-8-4-7-18(22)15-5-3-6-16(20)12-15/h3,5-6,9-12,18H,4,7-8H2,1-2H3,(H,21,23)/t18-/m1/s1. The summed E-state index contributed by atoms with van der Waals surface area (Å²) in [6.45, 7) is 4.71. The topological polar surface area (TPSA) is 32.3 Å². The monoisotopic (exact) mass is 312 g/mol. The summed E-state index contributed by atoms with van der Waals surface area (Å²) >= 11 is 0. The fourth-order valence-corrected chi connectivity index (χ4v) is 3.31. The van der Waals surface area contributed by atoms with Crippen molar-refractivity contribution in [1.29, 1.82) is 0 Å². The van der Waals surface area contributed by atoms with E-state index >= 15 is 0 Å². The van der Waals surface area contributed by atoms with Crippen molar-refractivity contribution in [2.45, 2.75) is 32.7 Å². The van der Waals surface area contributed by atoms with E-state index < -0.39 is 0 Å². The average molecular weight is 312 g/mol. The summed E-state index contributed by atoms with van der Waals surface area (Å²) in [5.41, 5.74) is 3.89. The molecule has 0 aliphatic carbocycles. The van der Waals surface area contributed by atoms with Crippen molar-refractivity contribution in [2.24, 2.45) is 0 Å². The van der Waals surface area contributed by atoms with Crippen LogP contribution in [-0.2, 0) is 0 Å². The number of carbonyl (C=O) groups excluding carboxylic acids is 1. The quantitative estimate of drug-likeness (QED) is 0.848. The number of nitrogens with one attached hydrogen (secondary N) is 1. The van der Waals surface area contributed by atoms with Gasteiger partial charge in [-0.15, -0.1) is 0 Å². The molecule has 120 valence electrons. The van der Waals surface area contributed by atoms with Crippen LogP contribution in [0.5, 0.6) is 0 Å². The summed E-state index contributed by atoms with van der Waals surface area (Å²) in [6.07, 6.45) is 1.80. The molecule has 0 unspecified atom stereocenters. The molecule has 0 bridgehead atoms. The van der Waals surface area contributed by atoms with E-state index in [4.69, 9.17) is 0 Å². The molecule has 2 aromatic carbocycles. The molecule has 1 atom stereocenters. The van der Waals surface area contributed by atoms with Gasteiger partial charge in [-0.05, 0) is 67.6 Å². The number of hydrogen-bond acceptors (Lipinski definition) is 1. The summed E-state index contributed by atoms with van der Waals surface area (Å²) in [5, 5.41) is 2.97. The zero-order chi connectivity index (χ0) is 16.4. The molecule has 1 N–H and O–H groups in total. The maximum atomic E-state index is 13.5. The second-order valence-electron chi connectivity index (χ2n) is 6.21. The van der Waals surface area contributed by atoms with Crippen LogP contribution in [0, 0.1) is 19.7 Å². The van der Waals surface area contributed by atoms with E-state index in [0.29, 0.717) is 6.54 Å². The van der Waals surface area contributed by atoms with Crippen LogP contribution in [0.1, 0.15) is 35.6 Å². The average Bonchev–Trinajstić information content (AvgIpc) is 2.95. The van der Waals surface area contributed by atoms with Crippen molar-refractivity contribution in [3.8, 4) is 0 Å². The third kappa shape index (κ3) is 3.52. The molecule has 0 spiro atoms. The number of amides is 2. The summed E-state index contributed by atoms with van der Waals surface area (Å²) in [4.78, 5) is 14.4. The summed E-state index contributed by atoms with van der Waals surface area (Å²) in [7, 11) is 0. The van der Waals surface area contributed by atoms with Crippen molar-refractivity contribution in [2.75, 3.05) is 11.9 Å². The fraction of sp³-hybridized carbons (Fsp3) is 0.316. The number of anilines is 1. The van der Waals surface area contributed by atoms with Gasteiger partial charge in [-0.3, -0.25) is 0 Å². The van der Waals surface area contributed by atoms with Crippen LogP contribution in [0.25, 0.3) is 0 Å². The highest BCUT2D eigenvalue weighted by Gasteiger charge is 2.30. The Morgan fingerprint density at radius 2 is 1.91 bits per heavy atom. The largest absolute Gasteiger partial charge is 0.322 e. The molecule has 0 radical (unpaired) electrons. The van der Waals surface area contributed by atoms with Gasteiger partial charge in [0.2, 0.25) is 0 Å². The number of nitrogens with zero attached hydrogens (tertiary/aromatic N) is 1. The van der Waals surface area contributed by atoms with Gasteiger partial charge in [-0.1, -0.05) is 18.2 Å². The number of benzene rings is 2. The molecule has 2 amide bonds. The summed E-state index contributed by atoms with van der Waals surface area (Å²) in [5.74, 6) is -0.260. The lowest BCUT2D eigenvalue weighted by Gasteiger charge is -2.25. The van der Waals surface area contributed by atoms with Gasteiger partial charge in [0.25, 0.3) is 0 Å². The molecule has 1 heterocycles. The Morgan fingerprint density at radius 3 is 2.61 bits per heavy atom. The van der Waals surface area contributed by atoms with Crippen molar-refractivity contribution >= 4 is 11.7 Å². The minimum atomic E-state index is -0.260. The third-order valence-corrected chi connectivity index (χ3v) is 4.22. The fourth-order valence-electron chi connectivity index (χ4n) is 3.31. The molecule has 1 saturated heterocycles. The lowest BCUT2D eigenvalue weighted by molar-refractivity contribution is 0.207. The minimum Gasteiger partial charge on any atom is -0.317 e. The maximum Gasteiger partial charge on any atom is 0.322 e.